The van der Waals surface area contributed by atoms with E-state index in [9.17, 15) is 14.7 Å². The topological polar surface area (TPSA) is 66.4 Å². The Balaban J connectivity index is 1.98. The first-order valence-corrected chi connectivity index (χ1v) is 7.01. The minimum absolute atomic E-state index is 0.0487. The van der Waals surface area contributed by atoms with Crippen LogP contribution in [-0.2, 0) is 0 Å². The Kier molecular flexibility index (Phi) is 4.73. The van der Waals surface area contributed by atoms with Gasteiger partial charge in [-0.1, -0.05) is 30.3 Å². The van der Waals surface area contributed by atoms with Crippen molar-refractivity contribution in [3.63, 3.8) is 0 Å². The summed E-state index contributed by atoms with van der Waals surface area (Å²) in [6, 6.07) is 13.4. The van der Waals surface area contributed by atoms with E-state index in [1.165, 1.54) is 6.07 Å². The molecule has 0 heterocycles. The first-order valence-electron chi connectivity index (χ1n) is 5.93. The van der Waals surface area contributed by atoms with Crippen molar-refractivity contribution >= 4 is 34.3 Å². The summed E-state index contributed by atoms with van der Waals surface area (Å²) < 4.78 is 0.666. The van der Waals surface area contributed by atoms with Crippen LogP contribution in [0.2, 0.25) is 0 Å². The van der Waals surface area contributed by atoms with E-state index in [1.807, 2.05) is 28.7 Å². The number of Topliss-reactive ketones (excluding diaryl/α,β-unsaturated/α-hetero) is 1. The first-order chi connectivity index (χ1) is 9.58. The summed E-state index contributed by atoms with van der Waals surface area (Å²) in [6.07, 6.45) is 0. The molecule has 1 amide bonds. The Labute approximate surface area is 130 Å². The molecule has 0 aliphatic rings. The summed E-state index contributed by atoms with van der Waals surface area (Å²) in [6.45, 7) is -0.0738. The number of aromatic hydroxyl groups is 1. The largest absolute Gasteiger partial charge is 0.507 e. The molecule has 0 aliphatic carbocycles. The summed E-state index contributed by atoms with van der Waals surface area (Å²) in [5.41, 5.74) is 0.877. The van der Waals surface area contributed by atoms with Gasteiger partial charge in [-0.15, -0.1) is 0 Å². The van der Waals surface area contributed by atoms with Gasteiger partial charge in [-0.3, -0.25) is 9.59 Å². The highest BCUT2D eigenvalue weighted by Gasteiger charge is 2.10. The van der Waals surface area contributed by atoms with Crippen molar-refractivity contribution in [1.82, 2.24) is 5.32 Å². The molecule has 20 heavy (non-hydrogen) atoms. The third kappa shape index (κ3) is 3.57. The predicted molar refractivity (Wildman–Crippen MR) is 83.9 cm³/mol. The Morgan fingerprint density at radius 3 is 2.40 bits per heavy atom. The fourth-order valence-electron chi connectivity index (χ4n) is 1.64. The molecule has 2 rings (SSSR count). The van der Waals surface area contributed by atoms with Crippen molar-refractivity contribution < 1.29 is 14.7 Å². The highest BCUT2D eigenvalue weighted by molar-refractivity contribution is 14.1. The quantitative estimate of drug-likeness (QED) is 0.632. The zero-order chi connectivity index (χ0) is 14.5. The average molecular weight is 381 g/mol. The fourth-order valence-corrected chi connectivity index (χ4v) is 1.98. The number of carbonyl (C=O) groups excluding carboxylic acids is 2. The number of ketones is 1. The van der Waals surface area contributed by atoms with Crippen LogP contribution in [0, 0.1) is 3.57 Å². The Hall–Kier alpha value is -1.89. The number of carbonyl (C=O) groups is 2. The van der Waals surface area contributed by atoms with E-state index in [-0.39, 0.29) is 24.0 Å². The van der Waals surface area contributed by atoms with Gasteiger partial charge in [0.2, 0.25) is 0 Å². The molecule has 0 saturated carbocycles. The molecule has 0 fully saturated rings. The van der Waals surface area contributed by atoms with Gasteiger partial charge in [0, 0.05) is 11.1 Å². The molecular weight excluding hydrogens is 369 g/mol. The van der Waals surface area contributed by atoms with Gasteiger partial charge in [-0.25, -0.2) is 0 Å². The molecule has 5 heteroatoms. The van der Waals surface area contributed by atoms with Gasteiger partial charge in [0.25, 0.3) is 5.91 Å². The summed E-state index contributed by atoms with van der Waals surface area (Å²) >= 11 is 1.97. The van der Waals surface area contributed by atoms with Crippen molar-refractivity contribution in [3.05, 3.63) is 63.2 Å². The number of nitrogens with one attached hydrogen (secondary N) is 1. The second-order valence-corrected chi connectivity index (χ2v) is 5.30. The summed E-state index contributed by atoms with van der Waals surface area (Å²) in [7, 11) is 0. The minimum Gasteiger partial charge on any atom is -0.507 e. The normalized spacial score (nSPS) is 10.1. The van der Waals surface area contributed by atoms with Gasteiger partial charge in [-0.05, 0) is 40.8 Å². The van der Waals surface area contributed by atoms with E-state index in [0.717, 1.165) is 0 Å². The molecular formula is C15H12INO3. The number of hydrogen-bond acceptors (Lipinski definition) is 3. The van der Waals surface area contributed by atoms with Crippen LogP contribution < -0.4 is 5.32 Å². The van der Waals surface area contributed by atoms with E-state index >= 15 is 0 Å². The van der Waals surface area contributed by atoms with Crippen LogP contribution in [0.25, 0.3) is 0 Å². The lowest BCUT2D eigenvalue weighted by Gasteiger charge is -2.06. The lowest BCUT2D eigenvalue weighted by molar-refractivity contribution is 0.0904. The molecule has 0 atom stereocenters. The Morgan fingerprint density at radius 2 is 1.75 bits per heavy atom. The number of phenols is 1. The predicted octanol–water partition coefficient (Wildman–Crippen LogP) is 2.61. The molecule has 0 aliphatic heterocycles. The molecule has 0 aromatic heterocycles. The highest BCUT2D eigenvalue weighted by Crippen LogP contribution is 2.20. The zero-order valence-electron chi connectivity index (χ0n) is 10.5. The van der Waals surface area contributed by atoms with Gasteiger partial charge in [0.05, 0.1) is 10.1 Å². The number of rotatable bonds is 4. The number of benzene rings is 2. The molecule has 0 unspecified atom stereocenters. The van der Waals surface area contributed by atoms with Gasteiger partial charge in [0.15, 0.2) is 5.78 Å². The van der Waals surface area contributed by atoms with Crippen LogP contribution in [0.4, 0.5) is 0 Å². The van der Waals surface area contributed by atoms with E-state index < -0.39 is 0 Å². The standard InChI is InChI=1S/C15H12INO3/c16-12-7-6-11(8-13(12)18)15(20)17-9-14(19)10-4-2-1-3-5-10/h1-8,18H,9H2,(H,17,20). The summed E-state index contributed by atoms with van der Waals surface area (Å²) in [4.78, 5) is 23.7. The average Bonchev–Trinajstić information content (AvgIpc) is 2.48. The second-order valence-electron chi connectivity index (χ2n) is 4.14. The van der Waals surface area contributed by atoms with Crippen LogP contribution in [0.5, 0.6) is 5.75 Å². The number of hydrogen-bond donors (Lipinski definition) is 2. The van der Waals surface area contributed by atoms with Crippen molar-refractivity contribution in [1.29, 1.82) is 0 Å². The minimum atomic E-state index is -0.388. The van der Waals surface area contributed by atoms with E-state index in [0.29, 0.717) is 14.7 Å². The fraction of sp³-hybridized carbons (Fsp3) is 0.0667. The molecule has 0 spiro atoms. The van der Waals surface area contributed by atoms with E-state index in [4.69, 9.17) is 0 Å². The van der Waals surface area contributed by atoms with Crippen LogP contribution in [0.3, 0.4) is 0 Å². The number of phenolic OH excluding ortho intramolecular Hbond substituents is 1. The van der Waals surface area contributed by atoms with Crippen molar-refractivity contribution in [2.45, 2.75) is 0 Å². The van der Waals surface area contributed by atoms with E-state index in [1.54, 1.807) is 36.4 Å². The third-order valence-corrected chi connectivity index (χ3v) is 3.63. The lowest BCUT2D eigenvalue weighted by Crippen LogP contribution is -2.29. The van der Waals surface area contributed by atoms with Gasteiger partial charge in [0.1, 0.15) is 5.75 Å². The third-order valence-electron chi connectivity index (χ3n) is 2.71. The van der Waals surface area contributed by atoms with Gasteiger partial charge in [-0.2, -0.15) is 0 Å². The molecule has 0 saturated heterocycles. The molecule has 4 nitrogen and oxygen atoms in total. The van der Waals surface area contributed by atoms with Crippen LogP contribution in [0.1, 0.15) is 20.7 Å². The Bertz CT molecular complexity index is 641. The second kappa shape index (κ2) is 6.51. The molecule has 0 radical (unpaired) electrons. The Morgan fingerprint density at radius 1 is 1.05 bits per heavy atom. The van der Waals surface area contributed by atoms with Crippen LogP contribution >= 0.6 is 22.6 Å². The SMILES string of the molecule is O=C(CNC(=O)c1ccc(I)c(O)c1)c1ccccc1. The number of amides is 1. The van der Waals surface area contributed by atoms with Crippen LogP contribution in [-0.4, -0.2) is 23.3 Å². The van der Waals surface area contributed by atoms with Crippen molar-refractivity contribution in [3.8, 4) is 5.75 Å². The smallest absolute Gasteiger partial charge is 0.251 e. The maximum Gasteiger partial charge on any atom is 0.251 e. The maximum atomic E-state index is 11.9. The molecule has 2 N–H and O–H groups in total. The van der Waals surface area contributed by atoms with E-state index in [2.05, 4.69) is 5.32 Å². The summed E-state index contributed by atoms with van der Waals surface area (Å²) in [5, 5.41) is 12.1. The highest BCUT2D eigenvalue weighted by atomic mass is 127. The van der Waals surface area contributed by atoms with Gasteiger partial charge >= 0.3 is 0 Å². The lowest BCUT2D eigenvalue weighted by atomic mass is 10.1. The molecule has 0 bridgehead atoms. The first kappa shape index (κ1) is 14.5. The zero-order valence-corrected chi connectivity index (χ0v) is 12.6. The molecule has 102 valence electrons. The summed E-state index contributed by atoms with van der Waals surface area (Å²) in [5.74, 6) is -0.498. The van der Waals surface area contributed by atoms with Crippen molar-refractivity contribution in [2.75, 3.05) is 6.54 Å². The maximum absolute atomic E-state index is 11.9. The van der Waals surface area contributed by atoms with Crippen molar-refractivity contribution in [2.24, 2.45) is 0 Å². The monoisotopic (exact) mass is 381 g/mol. The van der Waals surface area contributed by atoms with Crippen LogP contribution in [0.15, 0.2) is 48.5 Å². The molecule has 2 aromatic carbocycles. The van der Waals surface area contributed by atoms with Gasteiger partial charge < -0.3 is 10.4 Å². The molecule has 2 aromatic rings. The number of halogens is 1.